The maximum atomic E-state index is 5.66. The third-order valence-electron chi connectivity index (χ3n) is 3.06. The molecule has 0 bridgehead atoms. The zero-order chi connectivity index (χ0) is 14.0. The van der Waals surface area contributed by atoms with Gasteiger partial charge in [0.05, 0.1) is 12.3 Å². The van der Waals surface area contributed by atoms with E-state index in [2.05, 4.69) is 35.9 Å². The molecule has 1 aromatic heterocycles. The van der Waals surface area contributed by atoms with E-state index in [9.17, 15) is 0 Å². The van der Waals surface area contributed by atoms with Crippen LogP contribution in [0.4, 0.5) is 5.95 Å². The number of benzene rings is 1. The fourth-order valence-electron chi connectivity index (χ4n) is 2.25. The van der Waals surface area contributed by atoms with Crippen molar-refractivity contribution in [3.63, 3.8) is 0 Å². The van der Waals surface area contributed by atoms with Gasteiger partial charge in [0.2, 0.25) is 5.95 Å². The fraction of sp³-hybridized carbons (Fsp3) is 0.333. The highest BCUT2D eigenvalue weighted by atomic mass is 16.5. The van der Waals surface area contributed by atoms with E-state index in [1.165, 1.54) is 0 Å². The Morgan fingerprint density at radius 3 is 2.32 bits per heavy atom. The Morgan fingerprint density at radius 2 is 1.79 bits per heavy atom. The van der Waals surface area contributed by atoms with Crippen LogP contribution in [0, 0.1) is 20.8 Å². The topological polar surface area (TPSA) is 61.0 Å². The van der Waals surface area contributed by atoms with Gasteiger partial charge >= 0.3 is 0 Å². The lowest BCUT2D eigenvalue weighted by Crippen LogP contribution is -2.00. The highest BCUT2D eigenvalue weighted by Crippen LogP contribution is 2.31. The Hall–Kier alpha value is -2.10. The molecule has 100 valence electrons. The van der Waals surface area contributed by atoms with Crippen LogP contribution in [0.3, 0.4) is 0 Å². The highest BCUT2D eigenvalue weighted by Gasteiger charge is 2.10. The average Bonchev–Trinajstić information content (AvgIpc) is 2.33. The summed E-state index contributed by atoms with van der Waals surface area (Å²) in [6.45, 7) is 8.70. The van der Waals surface area contributed by atoms with Crippen molar-refractivity contribution in [1.29, 1.82) is 0 Å². The van der Waals surface area contributed by atoms with Crippen molar-refractivity contribution < 1.29 is 4.74 Å². The number of anilines is 1. The van der Waals surface area contributed by atoms with Crippen LogP contribution in [0.5, 0.6) is 5.75 Å². The highest BCUT2D eigenvalue weighted by molar-refractivity contribution is 5.68. The fourth-order valence-corrected chi connectivity index (χ4v) is 2.25. The summed E-state index contributed by atoms with van der Waals surface area (Å²) in [5.74, 6) is 1.26. The van der Waals surface area contributed by atoms with Crippen LogP contribution in [-0.2, 0) is 0 Å². The van der Waals surface area contributed by atoms with E-state index < -0.39 is 0 Å². The van der Waals surface area contributed by atoms with Crippen LogP contribution in [0.15, 0.2) is 18.3 Å². The van der Waals surface area contributed by atoms with Crippen molar-refractivity contribution in [3.8, 4) is 16.9 Å². The summed E-state index contributed by atoms with van der Waals surface area (Å²) in [4.78, 5) is 8.27. The second kappa shape index (κ2) is 5.26. The van der Waals surface area contributed by atoms with E-state index in [0.29, 0.717) is 12.6 Å². The molecule has 0 unspecified atom stereocenters. The van der Waals surface area contributed by atoms with E-state index in [1.54, 1.807) is 6.20 Å². The minimum absolute atomic E-state index is 0.306. The largest absolute Gasteiger partial charge is 0.493 e. The van der Waals surface area contributed by atoms with Gasteiger partial charge in [-0.05, 0) is 56.5 Å². The molecule has 0 aliphatic heterocycles. The molecule has 0 amide bonds. The molecule has 2 rings (SSSR count). The van der Waals surface area contributed by atoms with Crippen LogP contribution in [0.1, 0.15) is 23.7 Å². The lowest BCUT2D eigenvalue weighted by atomic mass is 10.00. The standard InChI is InChI=1S/C15H19N3O/c1-5-19-14-9(2)6-12(7-10(14)3)13-8-17-15(16)18-11(13)4/h6-8H,5H2,1-4H3,(H2,16,17,18). The molecule has 0 saturated heterocycles. The molecule has 4 heteroatoms. The Balaban J connectivity index is 2.52. The van der Waals surface area contributed by atoms with Gasteiger partial charge in [-0.2, -0.15) is 0 Å². The van der Waals surface area contributed by atoms with Crippen LogP contribution < -0.4 is 10.5 Å². The van der Waals surface area contributed by atoms with Crippen molar-refractivity contribution in [1.82, 2.24) is 9.97 Å². The number of hydrogen-bond donors (Lipinski definition) is 1. The summed E-state index contributed by atoms with van der Waals surface area (Å²) < 4.78 is 5.66. The maximum Gasteiger partial charge on any atom is 0.220 e. The number of nitrogen functional groups attached to an aromatic ring is 1. The summed E-state index contributed by atoms with van der Waals surface area (Å²) >= 11 is 0. The molecule has 0 atom stereocenters. The molecule has 1 aromatic carbocycles. The van der Waals surface area contributed by atoms with Gasteiger partial charge in [0.1, 0.15) is 5.75 Å². The first-order valence-electron chi connectivity index (χ1n) is 6.36. The van der Waals surface area contributed by atoms with Crippen LogP contribution in [0.2, 0.25) is 0 Å². The maximum absolute atomic E-state index is 5.66. The molecule has 0 radical (unpaired) electrons. The predicted molar refractivity (Wildman–Crippen MR) is 77.3 cm³/mol. The molecular formula is C15H19N3O. The molecule has 0 saturated carbocycles. The molecule has 1 heterocycles. The summed E-state index contributed by atoms with van der Waals surface area (Å²) in [6.07, 6.45) is 1.77. The SMILES string of the molecule is CCOc1c(C)cc(-c2cnc(N)nc2C)cc1C. The summed E-state index contributed by atoms with van der Waals surface area (Å²) in [5.41, 5.74) is 10.8. The van der Waals surface area contributed by atoms with Crippen LogP contribution >= 0.6 is 0 Å². The Morgan fingerprint density at radius 1 is 1.16 bits per heavy atom. The summed E-state index contributed by atoms with van der Waals surface area (Å²) in [5, 5.41) is 0. The molecule has 4 nitrogen and oxygen atoms in total. The van der Waals surface area contributed by atoms with Crippen LogP contribution in [0.25, 0.3) is 11.1 Å². The minimum Gasteiger partial charge on any atom is -0.493 e. The minimum atomic E-state index is 0.306. The van der Waals surface area contributed by atoms with Gasteiger partial charge in [-0.25, -0.2) is 9.97 Å². The molecule has 0 aliphatic carbocycles. The van der Waals surface area contributed by atoms with Gasteiger partial charge in [0.25, 0.3) is 0 Å². The van der Waals surface area contributed by atoms with Crippen molar-refractivity contribution in [2.45, 2.75) is 27.7 Å². The van der Waals surface area contributed by atoms with Crippen molar-refractivity contribution in [2.24, 2.45) is 0 Å². The molecule has 0 fully saturated rings. The lowest BCUT2D eigenvalue weighted by Gasteiger charge is -2.13. The zero-order valence-corrected chi connectivity index (χ0v) is 11.8. The quantitative estimate of drug-likeness (QED) is 0.918. The van der Waals surface area contributed by atoms with Crippen LogP contribution in [-0.4, -0.2) is 16.6 Å². The third-order valence-corrected chi connectivity index (χ3v) is 3.06. The summed E-state index contributed by atoms with van der Waals surface area (Å²) in [6, 6.07) is 4.19. The number of aromatic nitrogens is 2. The third kappa shape index (κ3) is 2.67. The number of nitrogens with two attached hydrogens (primary N) is 1. The first-order valence-corrected chi connectivity index (χ1v) is 6.36. The average molecular weight is 257 g/mol. The van der Waals surface area contributed by atoms with Crippen molar-refractivity contribution in [3.05, 3.63) is 35.2 Å². The van der Waals surface area contributed by atoms with Gasteiger partial charge in [-0.3, -0.25) is 0 Å². The molecular weight excluding hydrogens is 238 g/mol. The summed E-state index contributed by atoms with van der Waals surface area (Å²) in [7, 11) is 0. The van der Waals surface area contributed by atoms with Gasteiger partial charge in [0, 0.05) is 11.8 Å². The molecule has 2 N–H and O–H groups in total. The first kappa shape index (κ1) is 13.3. The van der Waals surface area contributed by atoms with E-state index in [1.807, 2.05) is 13.8 Å². The van der Waals surface area contributed by atoms with Gasteiger partial charge in [0.15, 0.2) is 0 Å². The normalized spacial score (nSPS) is 10.5. The van der Waals surface area contributed by atoms with Crippen molar-refractivity contribution >= 4 is 5.95 Å². The van der Waals surface area contributed by atoms with Crippen molar-refractivity contribution in [2.75, 3.05) is 12.3 Å². The van der Waals surface area contributed by atoms with Gasteiger partial charge in [-0.1, -0.05) is 0 Å². The number of aryl methyl sites for hydroxylation is 3. The first-order chi connectivity index (χ1) is 9.02. The smallest absolute Gasteiger partial charge is 0.220 e. The number of hydrogen-bond acceptors (Lipinski definition) is 4. The Labute approximate surface area is 113 Å². The monoisotopic (exact) mass is 257 g/mol. The van der Waals surface area contributed by atoms with E-state index >= 15 is 0 Å². The van der Waals surface area contributed by atoms with E-state index in [-0.39, 0.29) is 0 Å². The van der Waals surface area contributed by atoms with E-state index in [4.69, 9.17) is 10.5 Å². The number of nitrogens with zero attached hydrogens (tertiary/aromatic N) is 2. The predicted octanol–water partition coefficient (Wildman–Crippen LogP) is 3.05. The number of rotatable bonds is 3. The Bertz CT molecular complexity index is 585. The second-order valence-electron chi connectivity index (χ2n) is 4.60. The second-order valence-corrected chi connectivity index (χ2v) is 4.60. The molecule has 19 heavy (non-hydrogen) atoms. The molecule has 0 spiro atoms. The Kier molecular flexibility index (Phi) is 3.69. The van der Waals surface area contributed by atoms with E-state index in [0.717, 1.165) is 33.7 Å². The van der Waals surface area contributed by atoms with Gasteiger partial charge in [-0.15, -0.1) is 0 Å². The van der Waals surface area contributed by atoms with Gasteiger partial charge < -0.3 is 10.5 Å². The molecule has 0 aliphatic rings. The molecule has 2 aromatic rings. The number of ether oxygens (including phenoxy) is 1. The lowest BCUT2D eigenvalue weighted by molar-refractivity contribution is 0.335. The zero-order valence-electron chi connectivity index (χ0n) is 11.8.